The van der Waals surface area contributed by atoms with Gasteiger partial charge in [-0.25, -0.2) is 9.97 Å². The van der Waals surface area contributed by atoms with Gasteiger partial charge in [0.2, 0.25) is 11.8 Å². The molecule has 2 saturated carbocycles. The zero-order valence-corrected chi connectivity index (χ0v) is 38.0. The van der Waals surface area contributed by atoms with E-state index in [0.717, 1.165) is 21.7 Å². The maximum absolute atomic E-state index is 6.08. The second-order valence-electron chi connectivity index (χ2n) is 17.5. The number of halogens is 3. The molecule has 2 aromatic rings. The monoisotopic (exact) mass is 854 g/mol. The van der Waals surface area contributed by atoms with Gasteiger partial charge in [-0.05, 0) is 150 Å². The first-order valence-corrected chi connectivity index (χ1v) is 20.5. The van der Waals surface area contributed by atoms with Crippen LogP contribution in [0.4, 0.5) is 0 Å². The number of aromatic nitrogens is 2. The van der Waals surface area contributed by atoms with Crippen molar-refractivity contribution in [3.63, 3.8) is 0 Å². The van der Waals surface area contributed by atoms with Crippen molar-refractivity contribution < 1.29 is 37.4 Å². The van der Waals surface area contributed by atoms with E-state index in [-0.39, 0.29) is 45.6 Å². The highest BCUT2D eigenvalue weighted by Crippen LogP contribution is 2.46. The molecule has 300 valence electrons. The molecule has 3 aliphatic heterocycles. The molecule has 16 heteroatoms. The van der Waals surface area contributed by atoms with Gasteiger partial charge in [-0.3, -0.25) is 0 Å². The van der Waals surface area contributed by atoms with Crippen LogP contribution in [0.1, 0.15) is 139 Å². The van der Waals surface area contributed by atoms with Crippen molar-refractivity contribution in [1.29, 1.82) is 0 Å². The number of hydrogen-bond donors (Lipinski definition) is 0. The highest BCUT2D eigenvalue weighted by molar-refractivity contribution is 9.10. The Morgan fingerprint density at radius 2 is 0.926 bits per heavy atom. The lowest BCUT2D eigenvalue weighted by Gasteiger charge is -2.32. The predicted molar refractivity (Wildman–Crippen MR) is 222 cm³/mol. The molecule has 0 N–H and O–H groups in total. The SMILES string of the molecule is CC(Cl)Cl.CC1(C)OB(B2OC(C)(C)C(C)(C)O2)OC1(C)C.COc1ncc(B2OC(C)(C)C(C)(C)O2)cc1C1CC1.COc1ncc(Br)cc1C1CC1. The second-order valence-corrected chi connectivity index (χ2v) is 20.0. The molecule has 0 spiro atoms. The standard InChI is InChI=1S/C15H22BNO3.C12H24B2O4.C9H10BrNO.C2H4Cl2/c1-14(2)15(3,4)20-16(19-14)11-8-12(10-6-7-10)13(18-5)17-9-11;1-9(2)10(3,4)16-13(15-9)14-17-11(5,6)12(7,8)18-14;1-12-9-8(6-2-3-6)4-7(10)5-11-9;1-2(3)4/h8-10H,6-7H2,1-5H3;1-8H3;4-6H,2-3H2,1H3;2H,1H3. The number of ether oxygens (including phenoxy) is 2. The fourth-order valence-corrected chi connectivity index (χ4v) is 6.10. The molecular formula is C38H60B3BrCl2N2O8. The summed E-state index contributed by atoms with van der Waals surface area (Å²) in [7, 11) is 2.04. The summed E-state index contributed by atoms with van der Waals surface area (Å²) >= 11 is 13.5. The van der Waals surface area contributed by atoms with E-state index in [4.69, 9.17) is 60.6 Å². The van der Waals surface area contributed by atoms with Crippen LogP contribution in [0.5, 0.6) is 11.8 Å². The molecule has 0 radical (unpaired) electrons. The molecule has 2 aliphatic carbocycles. The summed E-state index contributed by atoms with van der Waals surface area (Å²) < 4.78 is 47.6. The summed E-state index contributed by atoms with van der Waals surface area (Å²) in [6.07, 6.45) is 8.54. The molecule has 5 heterocycles. The van der Waals surface area contributed by atoms with E-state index in [1.807, 2.05) is 55.4 Å². The molecule has 5 fully saturated rings. The van der Waals surface area contributed by atoms with Crippen molar-refractivity contribution in [3.05, 3.63) is 40.1 Å². The Hall–Kier alpha value is -1.09. The predicted octanol–water partition coefficient (Wildman–Crippen LogP) is 9.06. The first-order valence-electron chi connectivity index (χ1n) is 18.8. The fourth-order valence-electron chi connectivity index (χ4n) is 5.75. The maximum atomic E-state index is 6.08. The van der Waals surface area contributed by atoms with Gasteiger partial charge < -0.3 is 37.4 Å². The summed E-state index contributed by atoms with van der Waals surface area (Å²) in [5.41, 5.74) is 1.32. The highest BCUT2D eigenvalue weighted by atomic mass is 79.9. The minimum atomic E-state index is -0.476. The van der Waals surface area contributed by atoms with Crippen molar-refractivity contribution >= 4 is 65.7 Å². The van der Waals surface area contributed by atoms with Gasteiger partial charge in [-0.2, -0.15) is 0 Å². The van der Waals surface area contributed by atoms with Crippen molar-refractivity contribution in [2.75, 3.05) is 14.2 Å². The van der Waals surface area contributed by atoms with Crippen molar-refractivity contribution in [2.45, 2.75) is 166 Å². The van der Waals surface area contributed by atoms with Gasteiger partial charge in [-0.1, -0.05) is 6.07 Å². The Morgan fingerprint density at radius 3 is 1.26 bits per heavy atom. The third kappa shape index (κ3) is 10.9. The Bertz CT molecular complexity index is 1510. The summed E-state index contributed by atoms with van der Waals surface area (Å²) in [6.45, 7) is 26.2. The van der Waals surface area contributed by atoms with Gasteiger partial charge in [0, 0.05) is 33.5 Å². The number of pyridine rings is 2. The molecule has 0 amide bonds. The Labute approximate surface area is 343 Å². The molecule has 7 rings (SSSR count). The molecular weight excluding hydrogens is 796 g/mol. The van der Waals surface area contributed by atoms with Gasteiger partial charge in [-0.15, -0.1) is 23.2 Å². The quantitative estimate of drug-likeness (QED) is 0.207. The van der Waals surface area contributed by atoms with E-state index in [1.54, 1.807) is 33.5 Å². The van der Waals surface area contributed by atoms with Crippen LogP contribution in [0, 0.1) is 0 Å². The van der Waals surface area contributed by atoms with E-state index in [2.05, 4.69) is 65.7 Å². The third-order valence-electron chi connectivity index (χ3n) is 11.5. The van der Waals surface area contributed by atoms with Crippen LogP contribution in [0.15, 0.2) is 29.0 Å². The van der Waals surface area contributed by atoms with E-state index < -0.39 is 14.0 Å². The summed E-state index contributed by atoms with van der Waals surface area (Å²) in [5, 5.41) is 0. The largest absolute Gasteiger partial charge is 0.496 e. The van der Waals surface area contributed by atoms with Gasteiger partial charge in [0.15, 0.2) is 0 Å². The third-order valence-corrected chi connectivity index (χ3v) is 11.9. The molecule has 10 nitrogen and oxygen atoms in total. The molecule has 54 heavy (non-hydrogen) atoms. The van der Waals surface area contributed by atoms with Crippen LogP contribution in [0.25, 0.3) is 0 Å². The molecule has 2 aromatic heterocycles. The second kappa shape index (κ2) is 17.0. The van der Waals surface area contributed by atoms with Crippen LogP contribution < -0.4 is 14.9 Å². The highest BCUT2D eigenvalue weighted by Gasteiger charge is 2.63. The first-order chi connectivity index (χ1) is 24.8. The van der Waals surface area contributed by atoms with E-state index in [0.29, 0.717) is 11.8 Å². The number of nitrogens with zero attached hydrogens (tertiary/aromatic N) is 2. The average Bonchev–Trinajstić information content (AvgIpc) is 3.97. The Morgan fingerprint density at radius 1 is 0.611 bits per heavy atom. The van der Waals surface area contributed by atoms with Crippen LogP contribution >= 0.6 is 39.1 Å². The van der Waals surface area contributed by atoms with E-state index in [9.17, 15) is 0 Å². The lowest BCUT2D eigenvalue weighted by Crippen LogP contribution is -2.41. The first kappa shape index (κ1) is 45.6. The number of rotatable bonds is 6. The van der Waals surface area contributed by atoms with E-state index in [1.165, 1.54) is 36.8 Å². The molecule has 0 bridgehead atoms. The van der Waals surface area contributed by atoms with Crippen LogP contribution in [-0.4, -0.2) is 83.8 Å². The van der Waals surface area contributed by atoms with Crippen molar-refractivity contribution in [3.8, 4) is 11.8 Å². The normalized spacial score (nSPS) is 23.8. The summed E-state index contributed by atoms with van der Waals surface area (Å²) in [4.78, 5) is 8.38. The molecule has 0 atom stereocenters. The average molecular weight is 856 g/mol. The van der Waals surface area contributed by atoms with Crippen LogP contribution in [0.2, 0.25) is 0 Å². The molecule has 0 aromatic carbocycles. The van der Waals surface area contributed by atoms with E-state index >= 15 is 0 Å². The van der Waals surface area contributed by atoms with Gasteiger partial charge >= 0.3 is 21.1 Å². The maximum Gasteiger partial charge on any atom is 0.496 e. The fraction of sp³-hybridized carbons (Fsp3) is 0.737. The van der Waals surface area contributed by atoms with Crippen LogP contribution in [-0.2, 0) is 27.9 Å². The van der Waals surface area contributed by atoms with Crippen molar-refractivity contribution in [2.24, 2.45) is 0 Å². The summed E-state index contributed by atoms with van der Waals surface area (Å²) in [5.74, 6) is 2.78. The topological polar surface area (TPSA) is 99.6 Å². The molecule has 5 aliphatic rings. The smallest absolute Gasteiger partial charge is 0.481 e. The Balaban J connectivity index is 0.000000176. The minimum Gasteiger partial charge on any atom is -0.481 e. The zero-order chi connectivity index (χ0) is 40.7. The lowest BCUT2D eigenvalue weighted by atomic mass is 9.49. The lowest BCUT2D eigenvalue weighted by molar-refractivity contribution is 0.00578. The van der Waals surface area contributed by atoms with Crippen molar-refractivity contribution in [1.82, 2.24) is 9.97 Å². The Kier molecular flexibility index (Phi) is 14.4. The van der Waals surface area contributed by atoms with Gasteiger partial charge in [0.1, 0.15) is 4.84 Å². The minimum absolute atomic E-state index is 0.222. The molecule has 0 unspecified atom stereocenters. The number of hydrogen-bond acceptors (Lipinski definition) is 10. The van der Waals surface area contributed by atoms with Gasteiger partial charge in [0.05, 0.1) is 47.8 Å². The molecule has 3 saturated heterocycles. The zero-order valence-electron chi connectivity index (χ0n) is 34.9. The summed E-state index contributed by atoms with van der Waals surface area (Å²) in [6, 6.07) is 4.23. The number of methoxy groups -OCH3 is 2. The number of alkyl halides is 2. The van der Waals surface area contributed by atoms with Crippen LogP contribution in [0.3, 0.4) is 0 Å². The van der Waals surface area contributed by atoms with Gasteiger partial charge in [0.25, 0.3) is 0 Å².